The van der Waals surface area contributed by atoms with Crippen LogP contribution in [0.15, 0.2) is 48.4 Å². The average molecular weight is 215 g/mol. The molecule has 0 aromatic heterocycles. The molecule has 1 nitrogen and oxygen atoms in total. The Morgan fingerprint density at radius 1 is 0.938 bits per heavy atom. The van der Waals surface area contributed by atoms with E-state index in [0.29, 0.717) is 5.56 Å². The van der Waals surface area contributed by atoms with Crippen LogP contribution in [-0.2, 0) is 0 Å². The molecule has 0 heterocycles. The second-order valence-electron chi connectivity index (χ2n) is 3.71. The molecule has 2 aromatic carbocycles. The smallest absolute Gasteiger partial charge is 0.193 e. The van der Waals surface area contributed by atoms with E-state index in [2.05, 4.69) is 0 Å². The van der Waals surface area contributed by atoms with Gasteiger partial charge in [0.15, 0.2) is 5.78 Å². The summed E-state index contributed by atoms with van der Waals surface area (Å²) in [6, 6.07) is 2.77. The lowest BCUT2D eigenvalue weighted by Gasteiger charge is -2.04. The predicted octanol–water partition coefficient (Wildman–Crippen LogP) is 3.53. The van der Waals surface area contributed by atoms with Crippen molar-refractivity contribution in [1.29, 1.82) is 0 Å². The van der Waals surface area contributed by atoms with Crippen LogP contribution in [-0.4, -0.2) is 5.78 Å². The van der Waals surface area contributed by atoms with Crippen molar-refractivity contribution in [3.05, 3.63) is 70.7 Å². The lowest BCUT2D eigenvalue weighted by Crippen LogP contribution is -2.01. The van der Waals surface area contributed by atoms with Gasteiger partial charge in [-0.3, -0.25) is 4.79 Å². The van der Waals surface area contributed by atoms with Gasteiger partial charge in [-0.25, -0.2) is 0 Å². The Balaban J connectivity index is 2.69. The fourth-order valence-electron chi connectivity index (χ4n) is 1.61. The lowest BCUT2D eigenvalue weighted by molar-refractivity contribution is 0.103. The molecule has 0 atom stereocenters. The van der Waals surface area contributed by atoms with Gasteiger partial charge in [0.25, 0.3) is 0 Å². The standard InChI is InChI=1S/C15H14O/c1-11-8-12(2)10-14(9-11)15(16)13-6-4-3-5-7-13/h3-10H,1-2H3/i3D,4D,5D,6D,7D. The molecule has 0 aliphatic rings. The Bertz CT molecular complexity index is 703. The highest BCUT2D eigenvalue weighted by Crippen LogP contribution is 2.13. The summed E-state index contributed by atoms with van der Waals surface area (Å²) >= 11 is 0. The fraction of sp³-hybridized carbons (Fsp3) is 0.133. The largest absolute Gasteiger partial charge is 0.289 e. The molecule has 0 fully saturated rings. The molecular weight excluding hydrogens is 196 g/mol. The number of carbonyl (C=O) groups is 1. The summed E-state index contributed by atoms with van der Waals surface area (Å²) in [5.74, 6) is -0.557. The highest BCUT2D eigenvalue weighted by Gasteiger charge is 2.08. The van der Waals surface area contributed by atoms with E-state index in [1.165, 1.54) is 0 Å². The third-order valence-corrected chi connectivity index (χ3v) is 2.21. The van der Waals surface area contributed by atoms with Gasteiger partial charge in [-0.15, -0.1) is 0 Å². The maximum absolute atomic E-state index is 12.5. The Morgan fingerprint density at radius 2 is 1.50 bits per heavy atom. The zero-order chi connectivity index (χ0) is 15.9. The molecule has 16 heavy (non-hydrogen) atoms. The number of rotatable bonds is 2. The first-order valence-electron chi connectivity index (χ1n) is 7.44. The normalized spacial score (nSPS) is 14.5. The van der Waals surface area contributed by atoms with E-state index in [-0.39, 0.29) is 5.56 Å². The summed E-state index contributed by atoms with van der Waals surface area (Å²) in [5, 5.41) is 0. The van der Waals surface area contributed by atoms with Gasteiger partial charge in [0.2, 0.25) is 0 Å². The van der Waals surface area contributed by atoms with Crippen LogP contribution in [0.2, 0.25) is 0 Å². The Morgan fingerprint density at radius 3 is 2.06 bits per heavy atom. The first kappa shape index (κ1) is 6.00. The summed E-state index contributed by atoms with van der Waals surface area (Å²) in [6.45, 7) is 3.68. The van der Waals surface area contributed by atoms with Crippen molar-refractivity contribution in [2.45, 2.75) is 13.8 Å². The van der Waals surface area contributed by atoms with Crippen LogP contribution in [0.5, 0.6) is 0 Å². The number of benzene rings is 2. The molecule has 0 amide bonds. The zero-order valence-electron chi connectivity index (χ0n) is 14.1. The van der Waals surface area contributed by atoms with Crippen molar-refractivity contribution >= 4 is 5.78 Å². The first-order valence-corrected chi connectivity index (χ1v) is 4.94. The molecule has 0 unspecified atom stereocenters. The minimum atomic E-state index is -0.557. The van der Waals surface area contributed by atoms with Crippen LogP contribution in [0.1, 0.15) is 33.9 Å². The summed E-state index contributed by atoms with van der Waals surface area (Å²) < 4.78 is 38.4. The predicted molar refractivity (Wildman–Crippen MR) is 65.8 cm³/mol. The van der Waals surface area contributed by atoms with Crippen LogP contribution < -0.4 is 0 Å². The highest BCUT2D eigenvalue weighted by atomic mass is 16.1. The fourth-order valence-corrected chi connectivity index (χ4v) is 1.61. The molecule has 0 aliphatic carbocycles. The lowest BCUT2D eigenvalue weighted by atomic mass is 10.00. The van der Waals surface area contributed by atoms with Crippen molar-refractivity contribution in [3.8, 4) is 0 Å². The first-order chi connectivity index (χ1) is 9.73. The van der Waals surface area contributed by atoms with E-state index in [0.717, 1.165) is 11.1 Å². The molecular formula is C15H14O. The van der Waals surface area contributed by atoms with Gasteiger partial charge >= 0.3 is 0 Å². The molecule has 0 radical (unpaired) electrons. The number of ketones is 1. The van der Waals surface area contributed by atoms with Crippen LogP contribution in [0.4, 0.5) is 0 Å². The third kappa shape index (κ3) is 2.19. The Kier molecular flexibility index (Phi) is 1.62. The zero-order valence-corrected chi connectivity index (χ0v) is 9.14. The average Bonchev–Trinajstić information content (AvgIpc) is 2.42. The summed E-state index contributed by atoms with van der Waals surface area (Å²) in [4.78, 5) is 12.5. The summed E-state index contributed by atoms with van der Waals surface area (Å²) in [7, 11) is 0. The van der Waals surface area contributed by atoms with E-state index in [1.54, 1.807) is 12.1 Å². The van der Waals surface area contributed by atoms with Crippen molar-refractivity contribution in [2.75, 3.05) is 0 Å². The molecule has 2 rings (SSSR count). The van der Waals surface area contributed by atoms with Crippen LogP contribution >= 0.6 is 0 Å². The summed E-state index contributed by atoms with van der Waals surface area (Å²) in [6.07, 6.45) is 0. The molecule has 2 aromatic rings. The monoisotopic (exact) mass is 215 g/mol. The van der Waals surface area contributed by atoms with Crippen molar-refractivity contribution in [1.82, 2.24) is 0 Å². The number of carbonyl (C=O) groups excluding carboxylic acids is 1. The van der Waals surface area contributed by atoms with Crippen molar-refractivity contribution in [2.24, 2.45) is 0 Å². The van der Waals surface area contributed by atoms with Crippen molar-refractivity contribution in [3.63, 3.8) is 0 Å². The topological polar surface area (TPSA) is 17.1 Å². The van der Waals surface area contributed by atoms with Gasteiger partial charge in [0.1, 0.15) is 0 Å². The second kappa shape index (κ2) is 4.31. The van der Waals surface area contributed by atoms with E-state index in [4.69, 9.17) is 6.85 Å². The Hall–Kier alpha value is -1.89. The van der Waals surface area contributed by atoms with Crippen LogP contribution in [0.25, 0.3) is 0 Å². The number of aryl methyl sites for hydroxylation is 2. The highest BCUT2D eigenvalue weighted by molar-refractivity contribution is 6.09. The van der Waals surface area contributed by atoms with Gasteiger partial charge in [-0.2, -0.15) is 0 Å². The van der Waals surface area contributed by atoms with Gasteiger partial charge in [0, 0.05) is 11.1 Å². The van der Waals surface area contributed by atoms with Crippen LogP contribution in [0, 0.1) is 13.8 Å². The van der Waals surface area contributed by atoms with Gasteiger partial charge in [0.05, 0.1) is 6.85 Å². The van der Waals surface area contributed by atoms with E-state index in [9.17, 15) is 4.79 Å². The quantitative estimate of drug-likeness (QED) is 0.700. The molecule has 0 spiro atoms. The number of hydrogen-bond donors (Lipinski definition) is 0. The maximum Gasteiger partial charge on any atom is 0.193 e. The van der Waals surface area contributed by atoms with Gasteiger partial charge < -0.3 is 0 Å². The van der Waals surface area contributed by atoms with Crippen LogP contribution in [0.3, 0.4) is 0 Å². The molecule has 0 saturated carbocycles. The molecule has 80 valence electrons. The molecule has 0 bridgehead atoms. The number of hydrogen-bond acceptors (Lipinski definition) is 1. The van der Waals surface area contributed by atoms with E-state index >= 15 is 0 Å². The van der Waals surface area contributed by atoms with Gasteiger partial charge in [-0.1, -0.05) is 47.4 Å². The molecule has 0 N–H and O–H groups in total. The third-order valence-electron chi connectivity index (χ3n) is 2.21. The molecule has 1 heteroatoms. The Labute approximate surface area is 103 Å². The minimum absolute atomic E-state index is 0.286. The summed E-state index contributed by atoms with van der Waals surface area (Å²) in [5.41, 5.74) is 1.80. The SMILES string of the molecule is [2H]c1c([2H])c([2H])c(C(=O)c2cc(C)cc(C)c2)c([2H])c1[2H]. The van der Waals surface area contributed by atoms with Gasteiger partial charge in [-0.05, 0) is 26.0 Å². The maximum atomic E-state index is 12.5. The van der Waals surface area contributed by atoms with E-state index < -0.39 is 36.0 Å². The second-order valence-corrected chi connectivity index (χ2v) is 3.71. The minimum Gasteiger partial charge on any atom is -0.289 e. The molecule has 0 saturated heterocycles. The van der Waals surface area contributed by atoms with E-state index in [1.807, 2.05) is 19.9 Å². The van der Waals surface area contributed by atoms with Crippen molar-refractivity contribution < 1.29 is 11.6 Å². The molecule has 0 aliphatic heterocycles.